The minimum atomic E-state index is -1.58. The van der Waals surface area contributed by atoms with Crippen LogP contribution in [0.2, 0.25) is 0 Å². The summed E-state index contributed by atoms with van der Waals surface area (Å²) < 4.78 is 0. The van der Waals surface area contributed by atoms with Crippen molar-refractivity contribution in [3.05, 3.63) is 107 Å². The standard InChI is InChI=1S/C34H34N2O4/c37-31-28-29(32(38)36(31)27-14-8-3-9-15-27)34(33(39)40,22-25-12-6-2-7-13-25)35-30(28)26-20-18-24(19-21-26)17-16-23-10-4-1-5-11-23/h1-2,4-7,10-13,16-21,27-30,35H,3,8-9,14-15,22H2,(H,39,40)/b17-16+. The molecule has 6 rings (SSSR count). The molecule has 2 amide bonds. The molecule has 0 aromatic heterocycles. The third kappa shape index (κ3) is 4.66. The zero-order valence-corrected chi connectivity index (χ0v) is 22.4. The van der Waals surface area contributed by atoms with Gasteiger partial charge in [-0.15, -0.1) is 0 Å². The van der Waals surface area contributed by atoms with Crippen molar-refractivity contribution in [1.29, 1.82) is 0 Å². The summed E-state index contributed by atoms with van der Waals surface area (Å²) in [6.45, 7) is 0. The summed E-state index contributed by atoms with van der Waals surface area (Å²) in [6, 6.07) is 26.5. The normalized spacial score (nSPS) is 26.9. The zero-order chi connectivity index (χ0) is 27.7. The van der Waals surface area contributed by atoms with Gasteiger partial charge >= 0.3 is 5.97 Å². The van der Waals surface area contributed by atoms with Gasteiger partial charge in [0.05, 0.1) is 11.8 Å². The first-order valence-corrected chi connectivity index (χ1v) is 14.2. The van der Waals surface area contributed by atoms with Crippen LogP contribution in [0.4, 0.5) is 0 Å². The van der Waals surface area contributed by atoms with E-state index in [1.54, 1.807) is 0 Å². The number of hydrogen-bond donors (Lipinski definition) is 2. The molecule has 2 saturated heterocycles. The van der Waals surface area contributed by atoms with E-state index < -0.39 is 29.4 Å². The molecule has 4 atom stereocenters. The molecule has 3 aromatic carbocycles. The number of aliphatic carboxylic acids is 1. The molecule has 3 fully saturated rings. The maximum absolute atomic E-state index is 14.1. The Morgan fingerprint density at radius 1 is 0.825 bits per heavy atom. The summed E-state index contributed by atoms with van der Waals surface area (Å²) in [6.07, 6.45) is 8.81. The Balaban J connectivity index is 1.36. The Labute approximate surface area is 234 Å². The topological polar surface area (TPSA) is 86.7 Å². The summed E-state index contributed by atoms with van der Waals surface area (Å²) in [7, 11) is 0. The van der Waals surface area contributed by atoms with Crippen molar-refractivity contribution in [2.45, 2.75) is 56.1 Å². The van der Waals surface area contributed by atoms with Crippen LogP contribution in [0.15, 0.2) is 84.9 Å². The molecule has 0 bridgehead atoms. The second-order valence-corrected chi connectivity index (χ2v) is 11.3. The predicted octanol–water partition coefficient (Wildman–Crippen LogP) is 5.50. The molecule has 40 heavy (non-hydrogen) atoms. The summed E-state index contributed by atoms with van der Waals surface area (Å²) in [5.41, 5.74) is 2.13. The number of nitrogens with one attached hydrogen (secondary N) is 1. The lowest BCUT2D eigenvalue weighted by molar-refractivity contribution is -0.152. The highest BCUT2D eigenvalue weighted by Gasteiger charge is 2.69. The number of carbonyl (C=O) groups is 3. The minimum absolute atomic E-state index is 0.121. The molecule has 2 N–H and O–H groups in total. The van der Waals surface area contributed by atoms with Crippen LogP contribution < -0.4 is 5.32 Å². The number of benzene rings is 3. The molecule has 3 aromatic rings. The van der Waals surface area contributed by atoms with Crippen molar-refractivity contribution in [3.63, 3.8) is 0 Å². The van der Waals surface area contributed by atoms with Gasteiger partial charge in [-0.1, -0.05) is 116 Å². The second kappa shape index (κ2) is 10.9. The minimum Gasteiger partial charge on any atom is -0.480 e. The molecule has 6 heteroatoms. The van der Waals surface area contributed by atoms with Crippen LogP contribution >= 0.6 is 0 Å². The third-order valence-electron chi connectivity index (χ3n) is 8.90. The van der Waals surface area contributed by atoms with E-state index in [4.69, 9.17) is 0 Å². The van der Waals surface area contributed by atoms with Gasteiger partial charge < -0.3 is 5.11 Å². The second-order valence-electron chi connectivity index (χ2n) is 11.3. The smallest absolute Gasteiger partial charge is 0.325 e. The molecule has 4 unspecified atom stereocenters. The molecule has 0 radical (unpaired) electrons. The number of carboxylic acid groups (broad SMARTS) is 1. The van der Waals surface area contributed by atoms with Gasteiger partial charge in [0.2, 0.25) is 11.8 Å². The van der Waals surface area contributed by atoms with Crippen molar-refractivity contribution in [3.8, 4) is 0 Å². The Morgan fingerprint density at radius 2 is 1.43 bits per heavy atom. The highest BCUT2D eigenvalue weighted by atomic mass is 16.4. The molecule has 204 valence electrons. The van der Waals surface area contributed by atoms with Gasteiger partial charge in [-0.3, -0.25) is 24.6 Å². The van der Waals surface area contributed by atoms with E-state index in [2.05, 4.69) is 5.32 Å². The fourth-order valence-corrected chi connectivity index (χ4v) is 6.93. The Bertz CT molecular complexity index is 1410. The first kappa shape index (κ1) is 26.2. The van der Waals surface area contributed by atoms with E-state index in [9.17, 15) is 19.5 Å². The lowest BCUT2D eigenvalue weighted by Gasteiger charge is -2.34. The molecule has 1 aliphatic carbocycles. The summed E-state index contributed by atoms with van der Waals surface area (Å²) in [4.78, 5) is 42.6. The number of nitrogens with zero attached hydrogens (tertiary/aromatic N) is 1. The van der Waals surface area contributed by atoms with Crippen LogP contribution in [0.5, 0.6) is 0 Å². The highest BCUT2D eigenvalue weighted by Crippen LogP contribution is 2.51. The predicted molar refractivity (Wildman–Crippen MR) is 154 cm³/mol. The number of hydrogen-bond acceptors (Lipinski definition) is 4. The summed E-state index contributed by atoms with van der Waals surface area (Å²) >= 11 is 0. The number of rotatable bonds is 7. The molecule has 2 aliphatic heterocycles. The maximum Gasteiger partial charge on any atom is 0.325 e. The van der Waals surface area contributed by atoms with E-state index in [1.807, 2.05) is 97.1 Å². The van der Waals surface area contributed by atoms with Crippen LogP contribution in [-0.4, -0.2) is 39.4 Å². The molecular formula is C34H34N2O4. The zero-order valence-electron chi connectivity index (χ0n) is 22.4. The van der Waals surface area contributed by atoms with E-state index in [1.165, 1.54) is 4.90 Å². The van der Waals surface area contributed by atoms with Gasteiger partial charge in [0.15, 0.2) is 0 Å². The van der Waals surface area contributed by atoms with Gasteiger partial charge in [0, 0.05) is 18.5 Å². The van der Waals surface area contributed by atoms with Crippen molar-refractivity contribution in [2.75, 3.05) is 0 Å². The van der Waals surface area contributed by atoms with Gasteiger partial charge in [-0.2, -0.15) is 0 Å². The lowest BCUT2D eigenvalue weighted by atomic mass is 9.76. The molecule has 1 saturated carbocycles. The van der Waals surface area contributed by atoms with E-state index in [0.29, 0.717) is 0 Å². The number of likely N-dealkylation sites (tertiary alicyclic amines) is 1. The number of fused-ring (bicyclic) bond motifs is 1. The fraction of sp³-hybridized carbons (Fsp3) is 0.324. The SMILES string of the molecule is O=C1C2C(c3ccc(/C=C/c4ccccc4)cc3)NC(Cc3ccccc3)(C(=O)O)C2C(=O)N1C1CCCCC1. The van der Waals surface area contributed by atoms with E-state index >= 15 is 0 Å². The van der Waals surface area contributed by atoms with Gasteiger partial charge in [0.25, 0.3) is 0 Å². The Hall–Kier alpha value is -4.03. The van der Waals surface area contributed by atoms with Crippen molar-refractivity contribution < 1.29 is 19.5 Å². The molecular weight excluding hydrogens is 500 g/mol. The number of carboxylic acids is 1. The number of imide groups is 1. The maximum atomic E-state index is 14.1. The van der Waals surface area contributed by atoms with Gasteiger partial charge in [0.1, 0.15) is 5.54 Å². The first-order valence-electron chi connectivity index (χ1n) is 14.2. The molecule has 0 spiro atoms. The van der Waals surface area contributed by atoms with Crippen LogP contribution in [0.25, 0.3) is 12.2 Å². The average Bonchev–Trinajstić information content (AvgIpc) is 3.47. The average molecular weight is 535 g/mol. The van der Waals surface area contributed by atoms with Crippen molar-refractivity contribution >= 4 is 29.9 Å². The van der Waals surface area contributed by atoms with E-state index in [0.717, 1.165) is 54.4 Å². The van der Waals surface area contributed by atoms with Crippen molar-refractivity contribution in [2.24, 2.45) is 11.8 Å². The highest BCUT2D eigenvalue weighted by molar-refractivity contribution is 6.09. The largest absolute Gasteiger partial charge is 0.480 e. The van der Waals surface area contributed by atoms with Crippen molar-refractivity contribution in [1.82, 2.24) is 10.2 Å². The quantitative estimate of drug-likeness (QED) is 0.309. The molecule has 2 heterocycles. The number of amides is 2. The monoisotopic (exact) mass is 534 g/mol. The van der Waals surface area contributed by atoms with Crippen LogP contribution in [0.3, 0.4) is 0 Å². The van der Waals surface area contributed by atoms with Gasteiger partial charge in [-0.05, 0) is 35.1 Å². The van der Waals surface area contributed by atoms with Gasteiger partial charge in [-0.25, -0.2) is 0 Å². The van der Waals surface area contributed by atoms with Crippen LogP contribution in [0.1, 0.15) is 60.4 Å². The Morgan fingerprint density at radius 3 is 2.05 bits per heavy atom. The summed E-state index contributed by atoms with van der Waals surface area (Å²) in [5, 5.41) is 14.1. The first-order chi connectivity index (χ1) is 19.5. The fourth-order valence-electron chi connectivity index (χ4n) is 6.93. The van der Waals surface area contributed by atoms with Crippen LogP contribution in [0, 0.1) is 11.8 Å². The summed E-state index contributed by atoms with van der Waals surface area (Å²) in [5.74, 6) is -3.40. The van der Waals surface area contributed by atoms with Crippen LogP contribution in [-0.2, 0) is 20.8 Å². The lowest BCUT2D eigenvalue weighted by Crippen LogP contribution is -2.58. The number of carbonyl (C=O) groups excluding carboxylic acids is 2. The Kier molecular flexibility index (Phi) is 7.11. The molecule has 3 aliphatic rings. The van der Waals surface area contributed by atoms with E-state index in [-0.39, 0.29) is 24.3 Å². The molecule has 6 nitrogen and oxygen atoms in total. The third-order valence-corrected chi connectivity index (χ3v) is 8.90.